The van der Waals surface area contributed by atoms with Gasteiger partial charge < -0.3 is 15.2 Å². The van der Waals surface area contributed by atoms with E-state index in [1.54, 1.807) is 0 Å². The fourth-order valence-corrected chi connectivity index (χ4v) is 3.63. The number of aryl methyl sites for hydroxylation is 2. The highest BCUT2D eigenvalue weighted by molar-refractivity contribution is 14.0. The molecule has 1 aliphatic heterocycles. The SMILES string of the molecule is CCNC(=NCc1ccc(CN2CCCC2)cc1)NCCc1c(C)noc1C.I. The second-order valence-electron chi connectivity index (χ2n) is 7.47. The molecule has 0 amide bonds. The van der Waals surface area contributed by atoms with Crippen LogP contribution >= 0.6 is 24.0 Å². The number of benzene rings is 1. The van der Waals surface area contributed by atoms with Crippen molar-refractivity contribution in [3.05, 3.63) is 52.4 Å². The maximum absolute atomic E-state index is 5.23. The molecule has 0 aliphatic carbocycles. The van der Waals surface area contributed by atoms with Crippen molar-refractivity contribution in [1.29, 1.82) is 0 Å². The molecule has 6 nitrogen and oxygen atoms in total. The van der Waals surface area contributed by atoms with E-state index in [2.05, 4.69) is 51.9 Å². The standard InChI is InChI=1S/C22H33N5O.HI/c1-4-23-22(24-12-11-21-17(2)26-28-18(21)3)25-15-19-7-9-20(10-8-19)16-27-13-5-6-14-27;/h7-10H,4-6,11-16H2,1-3H3,(H2,23,24,25);1H. The van der Waals surface area contributed by atoms with Crippen molar-refractivity contribution in [2.75, 3.05) is 26.2 Å². The van der Waals surface area contributed by atoms with Gasteiger partial charge in [0.1, 0.15) is 5.76 Å². The third-order valence-electron chi connectivity index (χ3n) is 5.24. The topological polar surface area (TPSA) is 65.7 Å². The summed E-state index contributed by atoms with van der Waals surface area (Å²) >= 11 is 0. The summed E-state index contributed by atoms with van der Waals surface area (Å²) < 4.78 is 5.23. The van der Waals surface area contributed by atoms with E-state index in [4.69, 9.17) is 9.52 Å². The molecule has 160 valence electrons. The fraction of sp³-hybridized carbons (Fsp3) is 0.545. The Hall–Kier alpha value is -1.61. The molecule has 29 heavy (non-hydrogen) atoms. The monoisotopic (exact) mass is 511 g/mol. The normalized spacial score (nSPS) is 14.7. The summed E-state index contributed by atoms with van der Waals surface area (Å²) in [6.45, 7) is 11.9. The third-order valence-corrected chi connectivity index (χ3v) is 5.24. The maximum atomic E-state index is 5.23. The average Bonchev–Trinajstić information content (AvgIpc) is 3.32. The van der Waals surface area contributed by atoms with Gasteiger partial charge in [0.15, 0.2) is 5.96 Å². The van der Waals surface area contributed by atoms with Crippen LogP contribution in [0.25, 0.3) is 0 Å². The van der Waals surface area contributed by atoms with E-state index in [1.807, 2.05) is 13.8 Å². The first-order valence-electron chi connectivity index (χ1n) is 10.4. The van der Waals surface area contributed by atoms with Crippen molar-refractivity contribution in [2.45, 2.75) is 53.1 Å². The lowest BCUT2D eigenvalue weighted by molar-refractivity contribution is 0.331. The quantitative estimate of drug-likeness (QED) is 0.321. The third kappa shape index (κ3) is 7.29. The molecule has 1 aromatic heterocycles. The number of rotatable bonds is 8. The molecule has 2 N–H and O–H groups in total. The molecule has 0 atom stereocenters. The minimum Gasteiger partial charge on any atom is -0.361 e. The summed E-state index contributed by atoms with van der Waals surface area (Å²) in [4.78, 5) is 7.25. The van der Waals surface area contributed by atoms with Gasteiger partial charge in [-0.25, -0.2) is 4.99 Å². The van der Waals surface area contributed by atoms with E-state index in [9.17, 15) is 0 Å². The Morgan fingerprint density at radius 3 is 2.41 bits per heavy atom. The first-order chi connectivity index (χ1) is 13.7. The molecule has 0 saturated carbocycles. The number of hydrogen-bond acceptors (Lipinski definition) is 4. The molecular weight excluding hydrogens is 477 g/mol. The Morgan fingerprint density at radius 2 is 1.79 bits per heavy atom. The molecule has 0 bridgehead atoms. The van der Waals surface area contributed by atoms with Crippen molar-refractivity contribution in [3.8, 4) is 0 Å². The van der Waals surface area contributed by atoms with Crippen LogP contribution in [0, 0.1) is 13.8 Å². The molecule has 1 aromatic carbocycles. The second kappa shape index (κ2) is 12.2. The number of aliphatic imine (C=N–C) groups is 1. The molecule has 1 aliphatic rings. The van der Waals surface area contributed by atoms with E-state index < -0.39 is 0 Å². The molecule has 0 radical (unpaired) electrons. The Morgan fingerprint density at radius 1 is 1.10 bits per heavy atom. The van der Waals surface area contributed by atoms with Crippen LogP contribution in [-0.2, 0) is 19.5 Å². The summed E-state index contributed by atoms with van der Waals surface area (Å²) in [5.41, 5.74) is 4.76. The van der Waals surface area contributed by atoms with Gasteiger partial charge >= 0.3 is 0 Å². The molecule has 1 fully saturated rings. The zero-order valence-corrected chi connectivity index (χ0v) is 20.2. The summed E-state index contributed by atoms with van der Waals surface area (Å²) in [6, 6.07) is 8.87. The van der Waals surface area contributed by atoms with Crippen molar-refractivity contribution < 1.29 is 4.52 Å². The van der Waals surface area contributed by atoms with Gasteiger partial charge in [0.2, 0.25) is 0 Å². The predicted molar refractivity (Wildman–Crippen MR) is 129 cm³/mol. The van der Waals surface area contributed by atoms with Crippen LogP contribution in [0.15, 0.2) is 33.8 Å². The zero-order valence-electron chi connectivity index (χ0n) is 17.8. The van der Waals surface area contributed by atoms with Crippen LogP contribution in [-0.4, -0.2) is 42.2 Å². The average molecular weight is 511 g/mol. The highest BCUT2D eigenvalue weighted by Crippen LogP contribution is 2.14. The Labute approximate surface area is 191 Å². The van der Waals surface area contributed by atoms with Crippen LogP contribution in [0.5, 0.6) is 0 Å². The van der Waals surface area contributed by atoms with E-state index in [-0.39, 0.29) is 24.0 Å². The summed E-state index contributed by atoms with van der Waals surface area (Å²) in [6.07, 6.45) is 3.54. The number of likely N-dealkylation sites (tertiary alicyclic amines) is 1. The minimum atomic E-state index is 0. The largest absolute Gasteiger partial charge is 0.361 e. The first kappa shape index (κ1) is 23.7. The maximum Gasteiger partial charge on any atom is 0.191 e. The van der Waals surface area contributed by atoms with Crippen LogP contribution in [0.1, 0.15) is 47.9 Å². The highest BCUT2D eigenvalue weighted by atomic mass is 127. The fourth-order valence-electron chi connectivity index (χ4n) is 3.63. The van der Waals surface area contributed by atoms with Gasteiger partial charge in [0, 0.05) is 25.2 Å². The van der Waals surface area contributed by atoms with Crippen LogP contribution in [0.3, 0.4) is 0 Å². The number of hydrogen-bond donors (Lipinski definition) is 2. The number of nitrogens with one attached hydrogen (secondary N) is 2. The molecule has 7 heteroatoms. The minimum absolute atomic E-state index is 0. The molecule has 2 heterocycles. The zero-order chi connectivity index (χ0) is 19.8. The van der Waals surface area contributed by atoms with E-state index >= 15 is 0 Å². The molecule has 0 spiro atoms. The molecule has 2 aromatic rings. The lowest BCUT2D eigenvalue weighted by atomic mass is 10.1. The summed E-state index contributed by atoms with van der Waals surface area (Å²) in [5.74, 6) is 1.74. The smallest absolute Gasteiger partial charge is 0.191 e. The van der Waals surface area contributed by atoms with Crippen molar-refractivity contribution in [3.63, 3.8) is 0 Å². The molecule has 1 saturated heterocycles. The van der Waals surface area contributed by atoms with Gasteiger partial charge in [0.05, 0.1) is 12.2 Å². The van der Waals surface area contributed by atoms with Crippen molar-refractivity contribution in [1.82, 2.24) is 20.7 Å². The van der Waals surface area contributed by atoms with Crippen molar-refractivity contribution in [2.24, 2.45) is 4.99 Å². The molecule has 3 rings (SSSR count). The van der Waals surface area contributed by atoms with E-state index in [1.165, 1.54) is 42.6 Å². The number of guanidine groups is 1. The van der Waals surface area contributed by atoms with Gasteiger partial charge in [-0.15, -0.1) is 24.0 Å². The van der Waals surface area contributed by atoms with Gasteiger partial charge in [-0.05, 0) is 64.3 Å². The Kier molecular flexibility index (Phi) is 9.93. The first-order valence-corrected chi connectivity index (χ1v) is 10.4. The highest BCUT2D eigenvalue weighted by Gasteiger charge is 2.11. The lowest BCUT2D eigenvalue weighted by Gasteiger charge is -2.14. The van der Waals surface area contributed by atoms with Crippen LogP contribution in [0.4, 0.5) is 0 Å². The van der Waals surface area contributed by atoms with Crippen LogP contribution < -0.4 is 10.6 Å². The lowest BCUT2D eigenvalue weighted by Crippen LogP contribution is -2.38. The number of nitrogens with zero attached hydrogens (tertiary/aromatic N) is 3. The molecular formula is C22H34IN5O. The molecule has 0 unspecified atom stereocenters. The van der Waals surface area contributed by atoms with Gasteiger partial charge in [-0.2, -0.15) is 0 Å². The number of halogens is 1. The summed E-state index contributed by atoms with van der Waals surface area (Å²) in [7, 11) is 0. The Bertz CT molecular complexity index is 747. The van der Waals surface area contributed by atoms with Gasteiger partial charge in [-0.1, -0.05) is 29.4 Å². The summed E-state index contributed by atoms with van der Waals surface area (Å²) in [5, 5.41) is 10.7. The predicted octanol–water partition coefficient (Wildman–Crippen LogP) is 3.80. The van der Waals surface area contributed by atoms with Crippen LogP contribution in [0.2, 0.25) is 0 Å². The second-order valence-corrected chi connectivity index (χ2v) is 7.47. The van der Waals surface area contributed by atoms with E-state index in [0.717, 1.165) is 43.5 Å². The van der Waals surface area contributed by atoms with Crippen molar-refractivity contribution >= 4 is 29.9 Å². The Balaban J connectivity index is 0.00000300. The van der Waals surface area contributed by atoms with E-state index in [0.29, 0.717) is 6.54 Å². The number of aromatic nitrogens is 1. The van der Waals surface area contributed by atoms with Gasteiger partial charge in [-0.3, -0.25) is 4.90 Å². The van der Waals surface area contributed by atoms with Gasteiger partial charge in [0.25, 0.3) is 0 Å².